The van der Waals surface area contributed by atoms with Crippen molar-refractivity contribution in [3.8, 4) is 0 Å². The Kier molecular flexibility index (Phi) is 9.97. The smallest absolute Gasteiger partial charge is 0.326 e. The van der Waals surface area contributed by atoms with Crippen molar-refractivity contribution in [2.75, 3.05) is 0 Å². The third-order valence-corrected chi connectivity index (χ3v) is 9.65. The maximum Gasteiger partial charge on any atom is 0.326 e. The van der Waals surface area contributed by atoms with E-state index in [1.807, 2.05) is 38.1 Å². The summed E-state index contributed by atoms with van der Waals surface area (Å²) in [5.74, 6) is -1.82. The first-order chi connectivity index (χ1) is 19.4. The van der Waals surface area contributed by atoms with Gasteiger partial charge >= 0.3 is 5.97 Å². The monoisotopic (exact) mass is 678 g/mol. The zero-order valence-corrected chi connectivity index (χ0v) is 26.2. The summed E-state index contributed by atoms with van der Waals surface area (Å²) in [6.45, 7) is 3.72. The summed E-state index contributed by atoms with van der Waals surface area (Å²) in [7, 11) is -4.25. The van der Waals surface area contributed by atoms with E-state index in [1.54, 1.807) is 30.3 Å². The number of nitrogens with zero attached hydrogens (tertiary/aromatic N) is 1. The van der Waals surface area contributed by atoms with E-state index < -0.39 is 40.0 Å². The highest BCUT2D eigenvalue weighted by Crippen LogP contribution is 2.46. The molecule has 0 fully saturated rings. The molecule has 2 unspecified atom stereocenters. The van der Waals surface area contributed by atoms with E-state index in [0.29, 0.717) is 21.2 Å². The van der Waals surface area contributed by atoms with Crippen LogP contribution >= 0.6 is 39.1 Å². The fourth-order valence-electron chi connectivity index (χ4n) is 4.96. The molecule has 11 heteroatoms. The van der Waals surface area contributed by atoms with Crippen molar-refractivity contribution in [2.24, 2.45) is 5.92 Å². The molecule has 7 nitrogen and oxygen atoms in total. The standard InChI is InChI=1S/C30H29BrCl2N2O5S/c1-18(2)15-26(30(37)38)34-29(36)25-13-14-27(19-5-3-7-21(31)16-19)35(28(25)20-6-4-8-23(33)17-20)41(39,40)24-11-9-22(32)10-12-24/h3-13,16-18,26-28H,14-15H2,1-2H3,(H,34,36)(H,37,38)/t26-,27?,28?/m0/s1. The molecule has 1 aliphatic rings. The first-order valence-corrected chi connectivity index (χ1v) is 15.9. The molecule has 1 heterocycles. The van der Waals surface area contributed by atoms with Crippen LogP contribution in [0.3, 0.4) is 0 Å². The van der Waals surface area contributed by atoms with E-state index in [-0.39, 0.29) is 29.2 Å². The van der Waals surface area contributed by atoms with Crippen LogP contribution in [0.15, 0.2) is 93.8 Å². The Morgan fingerprint density at radius 3 is 2.27 bits per heavy atom. The van der Waals surface area contributed by atoms with Gasteiger partial charge in [-0.1, -0.05) is 83.3 Å². The van der Waals surface area contributed by atoms with Crippen molar-refractivity contribution < 1.29 is 23.1 Å². The van der Waals surface area contributed by atoms with Crippen LogP contribution in [0.25, 0.3) is 0 Å². The third-order valence-electron chi connectivity index (χ3n) is 6.78. The molecule has 0 aromatic heterocycles. The Balaban J connectivity index is 1.93. The quantitative estimate of drug-likeness (QED) is 0.250. The molecule has 41 heavy (non-hydrogen) atoms. The summed E-state index contributed by atoms with van der Waals surface area (Å²) >= 11 is 15.9. The molecule has 0 saturated carbocycles. The highest BCUT2D eigenvalue weighted by atomic mass is 79.9. The average Bonchev–Trinajstić information content (AvgIpc) is 2.91. The van der Waals surface area contributed by atoms with Crippen molar-refractivity contribution in [3.05, 3.63) is 110 Å². The van der Waals surface area contributed by atoms with Crippen LogP contribution in [-0.4, -0.2) is 35.7 Å². The van der Waals surface area contributed by atoms with Crippen LogP contribution in [0.4, 0.5) is 0 Å². The lowest BCUT2D eigenvalue weighted by molar-refractivity contribution is -0.141. The van der Waals surface area contributed by atoms with Crippen molar-refractivity contribution in [3.63, 3.8) is 0 Å². The summed E-state index contributed by atoms with van der Waals surface area (Å²) in [6.07, 6.45) is 2.07. The van der Waals surface area contributed by atoms with E-state index in [4.69, 9.17) is 23.2 Å². The van der Waals surface area contributed by atoms with Gasteiger partial charge in [0.2, 0.25) is 15.9 Å². The summed E-state index contributed by atoms with van der Waals surface area (Å²) in [5.41, 5.74) is 1.29. The zero-order chi connectivity index (χ0) is 29.9. The zero-order valence-electron chi connectivity index (χ0n) is 22.3. The van der Waals surface area contributed by atoms with Crippen molar-refractivity contribution in [2.45, 2.75) is 49.7 Å². The fourth-order valence-corrected chi connectivity index (χ4v) is 7.48. The fraction of sp³-hybridized carbons (Fsp3) is 0.267. The number of carboxylic acids is 1. The SMILES string of the molecule is CC(C)C[C@H](NC(=O)C1=CCC(c2cccc(Br)c2)N(S(=O)(=O)c2ccc(Cl)cc2)C1c1cccc(Cl)c1)C(=O)O. The number of carboxylic acid groups (broad SMARTS) is 1. The highest BCUT2D eigenvalue weighted by Gasteiger charge is 2.45. The molecule has 2 N–H and O–H groups in total. The van der Waals surface area contributed by atoms with Gasteiger partial charge in [-0.15, -0.1) is 0 Å². The minimum absolute atomic E-state index is 0.00111. The van der Waals surface area contributed by atoms with Gasteiger partial charge < -0.3 is 10.4 Å². The Bertz CT molecular complexity index is 1580. The second-order valence-corrected chi connectivity index (χ2v) is 13.8. The maximum absolute atomic E-state index is 14.5. The van der Waals surface area contributed by atoms with Gasteiger partial charge in [-0.05, 0) is 78.4 Å². The minimum atomic E-state index is -4.25. The molecule has 4 rings (SSSR count). The number of aliphatic carboxylic acids is 1. The molecule has 1 aliphatic heterocycles. The van der Waals surface area contributed by atoms with Crippen molar-refractivity contribution >= 4 is 61.0 Å². The number of amides is 1. The molecular weight excluding hydrogens is 651 g/mol. The van der Waals surface area contributed by atoms with Crippen LogP contribution < -0.4 is 5.32 Å². The van der Waals surface area contributed by atoms with E-state index in [1.165, 1.54) is 28.6 Å². The average molecular weight is 680 g/mol. The summed E-state index contributed by atoms with van der Waals surface area (Å²) in [4.78, 5) is 25.8. The normalized spacial score (nSPS) is 18.5. The number of nitrogens with one attached hydrogen (secondary N) is 1. The van der Waals surface area contributed by atoms with E-state index in [0.717, 1.165) is 4.47 Å². The van der Waals surface area contributed by atoms with Gasteiger partial charge in [0.05, 0.1) is 17.0 Å². The van der Waals surface area contributed by atoms with E-state index >= 15 is 0 Å². The molecule has 1 amide bonds. The lowest BCUT2D eigenvalue weighted by atomic mass is 9.88. The number of rotatable bonds is 9. The number of hydrogen-bond donors (Lipinski definition) is 2. The lowest BCUT2D eigenvalue weighted by Crippen LogP contribution is -2.47. The summed E-state index contributed by atoms with van der Waals surface area (Å²) in [5, 5.41) is 13.2. The Hall–Kier alpha value is -2.69. The molecule has 0 radical (unpaired) electrons. The molecule has 216 valence electrons. The van der Waals surface area contributed by atoms with Crippen LogP contribution in [-0.2, 0) is 19.6 Å². The van der Waals surface area contributed by atoms with Crippen LogP contribution in [0.2, 0.25) is 10.0 Å². The Morgan fingerprint density at radius 1 is 1.00 bits per heavy atom. The summed E-state index contributed by atoms with van der Waals surface area (Å²) < 4.78 is 31.0. The molecule has 0 saturated heterocycles. The molecule has 3 aromatic carbocycles. The summed E-state index contributed by atoms with van der Waals surface area (Å²) in [6, 6.07) is 16.9. The van der Waals surface area contributed by atoms with Crippen molar-refractivity contribution in [1.82, 2.24) is 9.62 Å². The number of sulfonamides is 1. The van der Waals surface area contributed by atoms with Gasteiger partial charge in [-0.3, -0.25) is 4.79 Å². The van der Waals surface area contributed by atoms with Gasteiger partial charge in [0.15, 0.2) is 0 Å². The van der Waals surface area contributed by atoms with Crippen LogP contribution in [0.1, 0.15) is 49.9 Å². The first-order valence-electron chi connectivity index (χ1n) is 12.9. The van der Waals surface area contributed by atoms with Crippen LogP contribution in [0.5, 0.6) is 0 Å². The van der Waals surface area contributed by atoms with Crippen LogP contribution in [0, 0.1) is 5.92 Å². The number of hydrogen-bond acceptors (Lipinski definition) is 4. The first kappa shape index (κ1) is 31.3. The molecule has 0 spiro atoms. The second-order valence-electron chi connectivity index (χ2n) is 10.2. The molecule has 0 bridgehead atoms. The molecule has 3 atom stereocenters. The second kappa shape index (κ2) is 13.1. The van der Waals surface area contributed by atoms with Gasteiger partial charge in [-0.2, -0.15) is 4.31 Å². The molecule has 3 aromatic rings. The Morgan fingerprint density at radius 2 is 1.66 bits per heavy atom. The number of carbonyl (C=O) groups excluding carboxylic acids is 1. The number of halogens is 3. The minimum Gasteiger partial charge on any atom is -0.480 e. The molecular formula is C30H29BrCl2N2O5S. The van der Waals surface area contributed by atoms with E-state index in [9.17, 15) is 23.1 Å². The van der Waals surface area contributed by atoms with Gasteiger partial charge in [0.25, 0.3) is 0 Å². The Labute approximate surface area is 258 Å². The number of benzene rings is 3. The third kappa shape index (κ3) is 7.21. The van der Waals surface area contributed by atoms with E-state index in [2.05, 4.69) is 21.2 Å². The predicted octanol–water partition coefficient (Wildman–Crippen LogP) is 7.17. The van der Waals surface area contributed by atoms with Crippen molar-refractivity contribution in [1.29, 1.82) is 0 Å². The van der Waals surface area contributed by atoms with Gasteiger partial charge in [-0.25, -0.2) is 13.2 Å². The topological polar surface area (TPSA) is 104 Å². The molecule has 0 aliphatic carbocycles. The lowest BCUT2D eigenvalue weighted by Gasteiger charge is -2.41. The van der Waals surface area contributed by atoms with Gasteiger partial charge in [0, 0.05) is 20.1 Å². The highest BCUT2D eigenvalue weighted by molar-refractivity contribution is 9.10. The van der Waals surface area contributed by atoms with Gasteiger partial charge in [0.1, 0.15) is 6.04 Å². The largest absolute Gasteiger partial charge is 0.480 e. The predicted molar refractivity (Wildman–Crippen MR) is 163 cm³/mol. The maximum atomic E-state index is 14.5. The number of carbonyl (C=O) groups is 2.